The molecule has 102 valence electrons. The Labute approximate surface area is 113 Å². The van der Waals surface area contributed by atoms with Crippen LogP contribution < -0.4 is 0 Å². The minimum Gasteiger partial charge on any atom is -0.468 e. The Kier molecular flexibility index (Phi) is 8.26. The second-order valence-electron chi connectivity index (χ2n) is 3.94. The molecule has 0 unspecified atom stereocenters. The fourth-order valence-electron chi connectivity index (χ4n) is 0.976. The second kappa shape index (κ2) is 8.84. The Morgan fingerprint density at radius 1 is 1.17 bits per heavy atom. The van der Waals surface area contributed by atoms with Gasteiger partial charge in [0, 0.05) is 17.6 Å². The van der Waals surface area contributed by atoms with Crippen LogP contribution in [0, 0.1) is 0 Å². The summed E-state index contributed by atoms with van der Waals surface area (Å²) in [5.41, 5.74) is 0.533. The lowest BCUT2D eigenvalue weighted by atomic mass is 10.3. The molecule has 0 heterocycles. The molecule has 0 atom stereocenters. The van der Waals surface area contributed by atoms with Crippen LogP contribution in [0.1, 0.15) is 20.3 Å². The summed E-state index contributed by atoms with van der Waals surface area (Å²) in [6.45, 7) is 10.0. The van der Waals surface area contributed by atoms with Gasteiger partial charge in [0.1, 0.15) is 20.2 Å². The molecule has 0 aliphatic carbocycles. The van der Waals surface area contributed by atoms with Gasteiger partial charge in [-0.2, -0.15) is 0 Å². The molecule has 0 rings (SSSR count). The van der Waals surface area contributed by atoms with E-state index in [-0.39, 0.29) is 11.1 Å². The third-order valence-corrected chi connectivity index (χ3v) is 4.29. The minimum absolute atomic E-state index is 0.266. The molecule has 0 fully saturated rings. The average Bonchev–Trinajstić information content (AvgIpc) is 2.28. The van der Waals surface area contributed by atoms with Crippen molar-refractivity contribution in [2.24, 2.45) is 0 Å². The Balaban J connectivity index is 4.41. The first kappa shape index (κ1) is 16.8. The summed E-state index contributed by atoms with van der Waals surface area (Å²) in [6, 6.07) is 0.779. The highest BCUT2D eigenvalue weighted by Gasteiger charge is 2.19. The molecule has 0 aromatic rings. The molecule has 0 saturated heterocycles. The molecule has 0 spiro atoms. The van der Waals surface area contributed by atoms with E-state index < -0.39 is 28.0 Å². The van der Waals surface area contributed by atoms with E-state index in [1.807, 2.05) is 0 Å². The van der Waals surface area contributed by atoms with E-state index in [0.717, 1.165) is 6.04 Å². The zero-order chi connectivity index (χ0) is 14.1. The number of hydrogen-bond acceptors (Lipinski definition) is 5. The van der Waals surface area contributed by atoms with Gasteiger partial charge in [0.05, 0.1) is 0 Å². The van der Waals surface area contributed by atoms with E-state index >= 15 is 0 Å². The van der Waals surface area contributed by atoms with Crippen molar-refractivity contribution in [3.8, 4) is 0 Å². The number of rotatable bonds is 8. The highest BCUT2D eigenvalue weighted by Crippen LogP contribution is 2.10. The maximum atomic E-state index is 11.4. The van der Waals surface area contributed by atoms with Crippen molar-refractivity contribution in [3.63, 3.8) is 0 Å². The summed E-state index contributed by atoms with van der Waals surface area (Å²) in [6.07, 6.45) is -0.435. The van der Waals surface area contributed by atoms with Crippen molar-refractivity contribution in [2.75, 3.05) is 0 Å². The van der Waals surface area contributed by atoms with Gasteiger partial charge in [-0.1, -0.05) is 13.2 Å². The van der Waals surface area contributed by atoms with Crippen LogP contribution in [0.15, 0.2) is 24.3 Å². The first-order chi connectivity index (χ1) is 8.38. The standard InChI is InChI=1S/C11H20O5Si2/c1-7(2)10(12)14-9(5-6-18-16-17)15-11(13)8(3)4/h9H,1,3,5-6,18H2,2,4,17H3. The van der Waals surface area contributed by atoms with Gasteiger partial charge in [0.2, 0.25) is 6.29 Å². The van der Waals surface area contributed by atoms with Crippen molar-refractivity contribution in [3.05, 3.63) is 24.3 Å². The van der Waals surface area contributed by atoms with Crippen molar-refractivity contribution in [1.82, 2.24) is 0 Å². The zero-order valence-electron chi connectivity index (χ0n) is 11.2. The number of esters is 2. The highest BCUT2D eigenvalue weighted by molar-refractivity contribution is 6.34. The average molecular weight is 288 g/mol. The topological polar surface area (TPSA) is 61.8 Å². The predicted octanol–water partition coefficient (Wildman–Crippen LogP) is -0.260. The largest absolute Gasteiger partial charge is 0.468 e. The summed E-state index contributed by atoms with van der Waals surface area (Å²) in [4.78, 5) is 22.8. The van der Waals surface area contributed by atoms with Crippen LogP contribution in [0.2, 0.25) is 6.04 Å². The Hall–Kier alpha value is -1.19. The van der Waals surface area contributed by atoms with Crippen molar-refractivity contribution >= 4 is 32.2 Å². The lowest BCUT2D eigenvalue weighted by Gasteiger charge is -2.18. The maximum Gasteiger partial charge on any atom is 0.336 e. The van der Waals surface area contributed by atoms with E-state index in [4.69, 9.17) is 13.6 Å². The molecule has 5 nitrogen and oxygen atoms in total. The maximum absolute atomic E-state index is 11.4. The molecule has 0 aromatic heterocycles. The van der Waals surface area contributed by atoms with Crippen molar-refractivity contribution in [1.29, 1.82) is 0 Å². The Morgan fingerprint density at radius 3 is 1.94 bits per heavy atom. The lowest BCUT2D eigenvalue weighted by Crippen LogP contribution is -2.25. The lowest BCUT2D eigenvalue weighted by molar-refractivity contribution is -0.182. The van der Waals surface area contributed by atoms with Gasteiger partial charge in [0.25, 0.3) is 0 Å². The minimum atomic E-state index is -0.886. The van der Waals surface area contributed by atoms with Crippen LogP contribution in [0.5, 0.6) is 0 Å². The highest BCUT2D eigenvalue weighted by atomic mass is 28.3. The molecule has 0 radical (unpaired) electrons. The van der Waals surface area contributed by atoms with Crippen LogP contribution in [0.3, 0.4) is 0 Å². The molecular weight excluding hydrogens is 268 g/mol. The van der Waals surface area contributed by atoms with E-state index in [1.54, 1.807) is 0 Å². The van der Waals surface area contributed by atoms with Crippen LogP contribution in [0.25, 0.3) is 0 Å². The molecule has 0 bridgehead atoms. The van der Waals surface area contributed by atoms with E-state index in [9.17, 15) is 9.59 Å². The van der Waals surface area contributed by atoms with Gasteiger partial charge in [-0.15, -0.1) is 0 Å². The molecule has 7 heteroatoms. The first-order valence-corrected chi connectivity index (χ1v) is 7.99. The molecule has 0 aliphatic rings. The van der Waals surface area contributed by atoms with Crippen LogP contribution >= 0.6 is 0 Å². The van der Waals surface area contributed by atoms with Gasteiger partial charge < -0.3 is 13.6 Å². The van der Waals surface area contributed by atoms with Crippen LogP contribution in [0.4, 0.5) is 0 Å². The summed E-state index contributed by atoms with van der Waals surface area (Å²) in [5.74, 6) is -1.13. The molecule has 0 saturated carbocycles. The number of carbonyl (C=O) groups is 2. The molecular formula is C11H20O5Si2. The normalized spacial score (nSPS) is 10.8. The zero-order valence-corrected chi connectivity index (χ0v) is 14.6. The van der Waals surface area contributed by atoms with Crippen molar-refractivity contribution in [2.45, 2.75) is 32.6 Å². The molecule has 0 N–H and O–H groups in total. The molecule has 0 aromatic carbocycles. The fourth-order valence-corrected chi connectivity index (χ4v) is 2.63. The number of carbonyl (C=O) groups excluding carboxylic acids is 2. The smallest absolute Gasteiger partial charge is 0.336 e. The van der Waals surface area contributed by atoms with Crippen LogP contribution in [-0.4, -0.2) is 38.5 Å². The van der Waals surface area contributed by atoms with E-state index in [0.29, 0.717) is 16.9 Å². The summed E-state index contributed by atoms with van der Waals surface area (Å²) in [5, 5.41) is 0. The van der Waals surface area contributed by atoms with Gasteiger partial charge in [-0.25, -0.2) is 9.59 Å². The Bertz CT molecular complexity index is 312. The van der Waals surface area contributed by atoms with Crippen LogP contribution in [-0.2, 0) is 23.2 Å². The summed E-state index contributed by atoms with van der Waals surface area (Å²) < 4.78 is 15.2. The van der Waals surface area contributed by atoms with Gasteiger partial charge >= 0.3 is 11.9 Å². The van der Waals surface area contributed by atoms with Gasteiger partial charge in [-0.3, -0.25) is 0 Å². The number of hydrogen-bond donors (Lipinski definition) is 0. The number of ether oxygens (including phenoxy) is 2. The summed E-state index contributed by atoms with van der Waals surface area (Å²) in [7, 11) is 0.114. The molecule has 0 aliphatic heterocycles. The quantitative estimate of drug-likeness (QED) is 0.202. The van der Waals surface area contributed by atoms with Gasteiger partial charge in [0.15, 0.2) is 0 Å². The van der Waals surface area contributed by atoms with E-state index in [2.05, 4.69) is 13.2 Å². The molecule has 0 amide bonds. The van der Waals surface area contributed by atoms with E-state index in [1.165, 1.54) is 13.8 Å². The predicted molar refractivity (Wildman–Crippen MR) is 74.6 cm³/mol. The van der Waals surface area contributed by atoms with Crippen molar-refractivity contribution < 1.29 is 23.2 Å². The SMILES string of the molecule is C=C(C)C(=O)OC(CC[SiH2]O[SiH3])OC(=O)C(=C)C. The van der Waals surface area contributed by atoms with Gasteiger partial charge in [-0.05, 0) is 19.9 Å². The Morgan fingerprint density at radius 2 is 1.61 bits per heavy atom. The fraction of sp³-hybridized carbons (Fsp3) is 0.455. The second-order valence-corrected chi connectivity index (χ2v) is 7.36. The third kappa shape index (κ3) is 7.20. The molecule has 18 heavy (non-hydrogen) atoms. The third-order valence-electron chi connectivity index (χ3n) is 1.96. The first-order valence-electron chi connectivity index (χ1n) is 5.60. The monoisotopic (exact) mass is 288 g/mol. The summed E-state index contributed by atoms with van der Waals surface area (Å²) >= 11 is 0.